The number of nitrogen functional groups attached to an aromatic ring is 1. The van der Waals surface area contributed by atoms with Crippen molar-refractivity contribution < 1.29 is 18.0 Å². The van der Waals surface area contributed by atoms with E-state index < -0.39 is 12.0 Å². The molecule has 0 radical (unpaired) electrons. The number of amides is 1. The van der Waals surface area contributed by atoms with Crippen molar-refractivity contribution in [2.45, 2.75) is 18.3 Å². The van der Waals surface area contributed by atoms with Gasteiger partial charge < -0.3 is 11.2 Å². The zero-order valence-corrected chi connectivity index (χ0v) is 9.60. The van der Waals surface area contributed by atoms with Gasteiger partial charge in [-0.2, -0.15) is 13.2 Å². The summed E-state index contributed by atoms with van der Waals surface area (Å²) in [5, 5.41) is 8.52. The molecule has 3 N–H and O–H groups in total. The maximum atomic E-state index is 12.3. The maximum absolute atomic E-state index is 12.3. The van der Waals surface area contributed by atoms with Gasteiger partial charge in [0.1, 0.15) is 0 Å². The molecule has 1 rings (SSSR count). The van der Waals surface area contributed by atoms with E-state index in [-0.39, 0.29) is 16.8 Å². The van der Waals surface area contributed by atoms with E-state index in [2.05, 4.69) is 15.5 Å². The van der Waals surface area contributed by atoms with Gasteiger partial charge in [0, 0.05) is 6.54 Å². The first-order valence-corrected chi connectivity index (χ1v) is 5.52. The zero-order valence-electron chi connectivity index (χ0n) is 8.78. The lowest BCUT2D eigenvalue weighted by atomic mass is 10.6. The number of nitrogens with two attached hydrogens (primary N) is 1. The van der Waals surface area contributed by atoms with Crippen molar-refractivity contribution in [2.24, 2.45) is 0 Å². The Hall–Kier alpha value is -1.45. The lowest BCUT2D eigenvalue weighted by Gasteiger charge is -2.05. The van der Waals surface area contributed by atoms with Gasteiger partial charge in [0.2, 0.25) is 11.1 Å². The summed E-state index contributed by atoms with van der Waals surface area (Å²) in [7, 11) is 0. The molecule has 1 aromatic rings. The van der Waals surface area contributed by atoms with Gasteiger partial charge in [-0.15, -0.1) is 10.2 Å². The molecule has 0 saturated heterocycles. The molecule has 0 aliphatic rings. The van der Waals surface area contributed by atoms with Gasteiger partial charge in [0.15, 0.2) is 0 Å². The lowest BCUT2D eigenvalue weighted by Crippen LogP contribution is -2.25. The Bertz CT molecular complexity index is 405. The molecule has 0 unspecified atom stereocenters. The number of carbonyl (C=O) groups is 1. The van der Waals surface area contributed by atoms with Crippen molar-refractivity contribution in [3.63, 3.8) is 0 Å². The smallest absolute Gasteiger partial charge is 0.356 e. The highest BCUT2D eigenvalue weighted by atomic mass is 32.2. The molecule has 0 aliphatic heterocycles. The van der Waals surface area contributed by atoms with Gasteiger partial charge in [0.05, 0.1) is 5.75 Å². The van der Waals surface area contributed by atoms with E-state index in [0.29, 0.717) is 11.2 Å². The summed E-state index contributed by atoms with van der Waals surface area (Å²) in [6.45, 7) is 2.18. The Balaban J connectivity index is 2.68. The van der Waals surface area contributed by atoms with Gasteiger partial charge >= 0.3 is 6.18 Å². The predicted molar refractivity (Wildman–Crippen MR) is 54.6 cm³/mol. The highest BCUT2D eigenvalue weighted by Gasteiger charge is 2.38. The molecular formula is C7H10F3N5OS. The second-order valence-corrected chi connectivity index (χ2v) is 3.86. The number of hydrogen-bond acceptors (Lipinski definition) is 5. The van der Waals surface area contributed by atoms with E-state index >= 15 is 0 Å². The van der Waals surface area contributed by atoms with Crippen LogP contribution in [-0.4, -0.2) is 33.1 Å². The zero-order chi connectivity index (χ0) is 13.1. The van der Waals surface area contributed by atoms with E-state index in [4.69, 9.17) is 5.84 Å². The summed E-state index contributed by atoms with van der Waals surface area (Å²) < 4.78 is 37.2. The minimum absolute atomic E-state index is 0.0684. The van der Waals surface area contributed by atoms with Crippen LogP contribution in [0.25, 0.3) is 0 Å². The molecule has 10 heteroatoms. The molecule has 1 aromatic heterocycles. The van der Waals surface area contributed by atoms with Crippen LogP contribution in [-0.2, 0) is 11.0 Å². The van der Waals surface area contributed by atoms with Crippen LogP contribution >= 0.6 is 11.8 Å². The van der Waals surface area contributed by atoms with Crippen LogP contribution in [0.4, 0.5) is 13.2 Å². The molecule has 0 spiro atoms. The second-order valence-electron chi connectivity index (χ2n) is 2.92. The number of hydrogen-bond donors (Lipinski definition) is 2. The highest BCUT2D eigenvalue weighted by molar-refractivity contribution is 7.99. The third-order valence-corrected chi connectivity index (χ3v) is 2.57. The average Bonchev–Trinajstić information content (AvgIpc) is 2.57. The minimum atomic E-state index is -4.66. The molecule has 0 fully saturated rings. The topological polar surface area (TPSA) is 85.8 Å². The molecule has 6 nitrogen and oxygen atoms in total. The summed E-state index contributed by atoms with van der Waals surface area (Å²) in [5.74, 6) is 3.49. The van der Waals surface area contributed by atoms with Crippen molar-refractivity contribution in [1.82, 2.24) is 20.2 Å². The van der Waals surface area contributed by atoms with Crippen molar-refractivity contribution in [3.05, 3.63) is 5.82 Å². The second kappa shape index (κ2) is 5.25. The standard InChI is InChI=1S/C7H10F3N5OS/c1-2-12-4(16)3-17-6-14-13-5(15(6)11)7(8,9)10/h2-3,11H2,1H3,(H,12,16). The third kappa shape index (κ3) is 3.51. The first kappa shape index (κ1) is 13.6. The highest BCUT2D eigenvalue weighted by Crippen LogP contribution is 2.28. The monoisotopic (exact) mass is 269 g/mol. The number of rotatable bonds is 4. The molecule has 1 heterocycles. The Morgan fingerprint density at radius 2 is 2.18 bits per heavy atom. The number of aromatic nitrogens is 3. The van der Waals surface area contributed by atoms with Gasteiger partial charge in [0.25, 0.3) is 5.82 Å². The van der Waals surface area contributed by atoms with E-state index in [9.17, 15) is 18.0 Å². The van der Waals surface area contributed by atoms with Crippen LogP contribution in [0.1, 0.15) is 12.7 Å². The van der Waals surface area contributed by atoms with Crippen molar-refractivity contribution in [1.29, 1.82) is 0 Å². The van der Waals surface area contributed by atoms with E-state index in [1.165, 1.54) is 0 Å². The first-order valence-electron chi connectivity index (χ1n) is 4.53. The number of thioether (sulfide) groups is 1. The molecule has 1 amide bonds. The number of halogens is 3. The van der Waals surface area contributed by atoms with Crippen molar-refractivity contribution in [2.75, 3.05) is 18.1 Å². The van der Waals surface area contributed by atoms with E-state index in [0.717, 1.165) is 11.8 Å². The number of alkyl halides is 3. The summed E-state index contributed by atoms with van der Waals surface area (Å²) in [5.41, 5.74) is 0. The van der Waals surface area contributed by atoms with Crippen LogP contribution in [0.2, 0.25) is 0 Å². The van der Waals surface area contributed by atoms with Crippen molar-refractivity contribution in [3.8, 4) is 0 Å². The normalized spacial score (nSPS) is 11.5. The molecule has 96 valence electrons. The Morgan fingerprint density at radius 3 is 2.65 bits per heavy atom. The maximum Gasteiger partial charge on any atom is 0.453 e. The molecule has 0 atom stereocenters. The van der Waals surface area contributed by atoms with E-state index in [1.807, 2.05) is 0 Å². The van der Waals surface area contributed by atoms with E-state index in [1.54, 1.807) is 6.92 Å². The fraction of sp³-hybridized carbons (Fsp3) is 0.571. The Labute approximate surface area is 98.7 Å². The Kier molecular flexibility index (Phi) is 4.21. The van der Waals surface area contributed by atoms with Gasteiger partial charge in [-0.1, -0.05) is 11.8 Å². The summed E-state index contributed by atoms with van der Waals surface area (Å²) in [4.78, 5) is 11.1. The van der Waals surface area contributed by atoms with Crippen LogP contribution in [0, 0.1) is 0 Å². The quantitative estimate of drug-likeness (QED) is 0.604. The molecule has 0 aliphatic carbocycles. The van der Waals surface area contributed by atoms with Crippen LogP contribution in [0.3, 0.4) is 0 Å². The Morgan fingerprint density at radius 1 is 1.53 bits per heavy atom. The molecule has 0 saturated carbocycles. The number of nitrogens with one attached hydrogen (secondary N) is 1. The first-order chi connectivity index (χ1) is 7.86. The van der Waals surface area contributed by atoms with Gasteiger partial charge in [-0.3, -0.25) is 4.79 Å². The summed E-state index contributed by atoms with van der Waals surface area (Å²) in [6, 6.07) is 0. The fourth-order valence-electron chi connectivity index (χ4n) is 0.947. The summed E-state index contributed by atoms with van der Waals surface area (Å²) in [6.07, 6.45) is -4.66. The van der Waals surface area contributed by atoms with Crippen LogP contribution in [0.15, 0.2) is 5.16 Å². The van der Waals surface area contributed by atoms with Crippen molar-refractivity contribution >= 4 is 17.7 Å². The molecule has 0 aromatic carbocycles. The molecule has 0 bridgehead atoms. The predicted octanol–water partition coefficient (Wildman–Crippen LogP) is 0.239. The third-order valence-electron chi connectivity index (χ3n) is 1.62. The molecular weight excluding hydrogens is 259 g/mol. The van der Waals surface area contributed by atoms with Gasteiger partial charge in [-0.25, -0.2) is 4.68 Å². The van der Waals surface area contributed by atoms with Crippen LogP contribution in [0.5, 0.6) is 0 Å². The SMILES string of the molecule is CCNC(=O)CSc1nnc(C(F)(F)F)n1N. The van der Waals surface area contributed by atoms with Gasteiger partial charge in [-0.05, 0) is 6.92 Å². The number of nitrogens with zero attached hydrogens (tertiary/aromatic N) is 3. The lowest BCUT2D eigenvalue weighted by molar-refractivity contribution is -0.146. The minimum Gasteiger partial charge on any atom is -0.356 e. The number of carbonyl (C=O) groups excluding carboxylic acids is 1. The largest absolute Gasteiger partial charge is 0.453 e. The summed E-state index contributed by atoms with van der Waals surface area (Å²) >= 11 is 0.784. The molecule has 17 heavy (non-hydrogen) atoms. The fourth-order valence-corrected chi connectivity index (χ4v) is 1.63. The average molecular weight is 269 g/mol. The van der Waals surface area contributed by atoms with Crippen LogP contribution < -0.4 is 11.2 Å².